The number of rotatable bonds is 8. The Bertz CT molecular complexity index is 696. The van der Waals surface area contributed by atoms with Crippen molar-refractivity contribution in [1.29, 1.82) is 0 Å². The Labute approximate surface area is 141 Å². The molecule has 128 valence electrons. The van der Waals surface area contributed by atoms with E-state index in [1.165, 1.54) is 7.11 Å². The summed E-state index contributed by atoms with van der Waals surface area (Å²) in [5, 5.41) is 2.89. The first-order valence-electron chi connectivity index (χ1n) is 7.92. The third-order valence-electron chi connectivity index (χ3n) is 3.69. The molecule has 6 heteroatoms. The van der Waals surface area contributed by atoms with Crippen molar-refractivity contribution < 1.29 is 14.3 Å². The Morgan fingerprint density at radius 2 is 2.12 bits per heavy atom. The molecule has 1 N–H and O–H groups in total. The Balaban J connectivity index is 1.85. The minimum atomic E-state index is -0.136. The molecule has 24 heavy (non-hydrogen) atoms. The molecule has 0 bridgehead atoms. The van der Waals surface area contributed by atoms with E-state index < -0.39 is 0 Å². The number of hydrogen-bond acceptors (Lipinski definition) is 4. The van der Waals surface area contributed by atoms with Gasteiger partial charge >= 0.3 is 0 Å². The fourth-order valence-electron chi connectivity index (χ4n) is 2.51. The van der Waals surface area contributed by atoms with Gasteiger partial charge in [-0.05, 0) is 26.0 Å². The van der Waals surface area contributed by atoms with Gasteiger partial charge in [0.1, 0.15) is 5.75 Å². The second-order valence-electron chi connectivity index (χ2n) is 5.85. The van der Waals surface area contributed by atoms with Crippen molar-refractivity contribution in [2.45, 2.75) is 39.3 Å². The van der Waals surface area contributed by atoms with Gasteiger partial charge in [0.05, 0.1) is 19.0 Å². The highest BCUT2D eigenvalue weighted by molar-refractivity contribution is 6.00. The Hall–Kier alpha value is -2.63. The average molecular weight is 329 g/mol. The molecule has 1 amide bonds. The molecule has 1 atom stereocenters. The SMILES string of the molecule is COc1ccc(C)cc1C(=O)CCC(=O)NC(C)Cn1ccnc1. The molecular formula is C18H23N3O3. The predicted molar refractivity (Wildman–Crippen MR) is 91.1 cm³/mol. The summed E-state index contributed by atoms with van der Waals surface area (Å²) in [4.78, 5) is 28.3. The zero-order chi connectivity index (χ0) is 17.5. The molecule has 1 unspecified atom stereocenters. The molecule has 0 spiro atoms. The predicted octanol–water partition coefficient (Wildman–Crippen LogP) is 2.37. The summed E-state index contributed by atoms with van der Waals surface area (Å²) in [6.07, 6.45) is 5.56. The summed E-state index contributed by atoms with van der Waals surface area (Å²) in [6, 6.07) is 5.42. The largest absolute Gasteiger partial charge is 0.496 e. The number of hydrogen-bond donors (Lipinski definition) is 1. The van der Waals surface area contributed by atoms with Crippen LogP contribution in [-0.4, -0.2) is 34.4 Å². The van der Waals surface area contributed by atoms with Crippen molar-refractivity contribution in [3.63, 3.8) is 0 Å². The number of aromatic nitrogens is 2. The summed E-state index contributed by atoms with van der Waals surface area (Å²) < 4.78 is 7.12. The smallest absolute Gasteiger partial charge is 0.220 e. The quantitative estimate of drug-likeness (QED) is 0.755. The van der Waals surface area contributed by atoms with E-state index in [1.54, 1.807) is 24.7 Å². The number of carbonyl (C=O) groups excluding carboxylic acids is 2. The molecule has 2 rings (SSSR count). The number of ketones is 1. The first-order chi connectivity index (χ1) is 11.5. The van der Waals surface area contributed by atoms with Crippen LogP contribution in [0.1, 0.15) is 35.7 Å². The number of nitrogens with zero attached hydrogens (tertiary/aromatic N) is 2. The Kier molecular flexibility index (Phi) is 6.12. The van der Waals surface area contributed by atoms with Gasteiger partial charge in [0.25, 0.3) is 0 Å². The molecule has 0 aliphatic rings. The summed E-state index contributed by atoms with van der Waals surface area (Å²) in [6.45, 7) is 4.48. The minimum absolute atomic E-state index is 0.0321. The number of nitrogens with one attached hydrogen (secondary N) is 1. The molecule has 0 aliphatic carbocycles. The normalized spacial score (nSPS) is 11.8. The molecule has 1 aromatic carbocycles. The highest BCUT2D eigenvalue weighted by Gasteiger charge is 2.15. The number of ether oxygens (including phenoxy) is 1. The van der Waals surface area contributed by atoms with Crippen LogP contribution in [0.15, 0.2) is 36.9 Å². The summed E-state index contributed by atoms with van der Waals surface area (Å²) in [5.74, 6) is 0.315. The number of carbonyl (C=O) groups is 2. The van der Waals surface area contributed by atoms with Crippen molar-refractivity contribution in [3.05, 3.63) is 48.0 Å². The number of Topliss-reactive ketones (excluding diaryl/α,β-unsaturated/α-hetero) is 1. The lowest BCUT2D eigenvalue weighted by atomic mass is 10.0. The van der Waals surface area contributed by atoms with Crippen LogP contribution in [0, 0.1) is 6.92 Å². The Morgan fingerprint density at radius 3 is 2.79 bits per heavy atom. The van der Waals surface area contributed by atoms with Gasteiger partial charge in [-0.1, -0.05) is 11.6 Å². The van der Waals surface area contributed by atoms with E-state index in [2.05, 4.69) is 10.3 Å². The van der Waals surface area contributed by atoms with Crippen molar-refractivity contribution in [1.82, 2.24) is 14.9 Å². The van der Waals surface area contributed by atoms with Crippen LogP contribution >= 0.6 is 0 Å². The van der Waals surface area contributed by atoms with Gasteiger partial charge in [-0.25, -0.2) is 4.98 Å². The van der Waals surface area contributed by atoms with E-state index in [0.29, 0.717) is 17.9 Å². The number of aryl methyl sites for hydroxylation is 1. The van der Waals surface area contributed by atoms with E-state index in [0.717, 1.165) is 5.56 Å². The van der Waals surface area contributed by atoms with Crippen LogP contribution in [0.3, 0.4) is 0 Å². The standard InChI is InChI=1S/C18H23N3O3/c1-13-4-6-17(24-3)15(10-13)16(22)5-7-18(23)20-14(2)11-21-9-8-19-12-21/h4,6,8-10,12,14H,5,7,11H2,1-3H3,(H,20,23). The van der Waals surface area contributed by atoms with Crippen LogP contribution in [0.5, 0.6) is 5.75 Å². The van der Waals surface area contributed by atoms with Crippen LogP contribution in [0.4, 0.5) is 0 Å². The maximum Gasteiger partial charge on any atom is 0.220 e. The van der Waals surface area contributed by atoms with E-state index >= 15 is 0 Å². The third-order valence-corrected chi connectivity index (χ3v) is 3.69. The van der Waals surface area contributed by atoms with Crippen molar-refractivity contribution in [2.75, 3.05) is 7.11 Å². The van der Waals surface area contributed by atoms with Gasteiger partial charge in [0.2, 0.25) is 5.91 Å². The van der Waals surface area contributed by atoms with Gasteiger partial charge < -0.3 is 14.6 Å². The highest BCUT2D eigenvalue weighted by atomic mass is 16.5. The number of methoxy groups -OCH3 is 1. The van der Waals surface area contributed by atoms with Gasteiger partial charge in [-0.2, -0.15) is 0 Å². The van der Waals surface area contributed by atoms with Crippen LogP contribution in [0.25, 0.3) is 0 Å². The minimum Gasteiger partial charge on any atom is -0.496 e. The fraction of sp³-hybridized carbons (Fsp3) is 0.389. The molecular weight excluding hydrogens is 306 g/mol. The summed E-state index contributed by atoms with van der Waals surface area (Å²) in [7, 11) is 1.53. The Morgan fingerprint density at radius 1 is 1.33 bits per heavy atom. The molecule has 0 saturated heterocycles. The van der Waals surface area contributed by atoms with Gasteiger partial charge in [0, 0.05) is 37.8 Å². The van der Waals surface area contributed by atoms with Crippen LogP contribution < -0.4 is 10.1 Å². The number of imidazole rings is 1. The number of amides is 1. The maximum absolute atomic E-state index is 12.4. The lowest BCUT2D eigenvalue weighted by molar-refractivity contribution is -0.121. The lowest BCUT2D eigenvalue weighted by Gasteiger charge is -2.14. The zero-order valence-corrected chi connectivity index (χ0v) is 14.3. The monoisotopic (exact) mass is 329 g/mol. The first-order valence-corrected chi connectivity index (χ1v) is 7.92. The summed E-state index contributed by atoms with van der Waals surface area (Å²) >= 11 is 0. The molecule has 1 aromatic heterocycles. The van der Waals surface area contributed by atoms with Gasteiger partial charge in [-0.15, -0.1) is 0 Å². The van der Waals surface area contributed by atoms with Crippen molar-refractivity contribution in [2.24, 2.45) is 0 Å². The molecule has 0 saturated carbocycles. The van der Waals surface area contributed by atoms with E-state index in [-0.39, 0.29) is 30.6 Å². The fourth-order valence-corrected chi connectivity index (χ4v) is 2.51. The molecule has 2 aromatic rings. The topological polar surface area (TPSA) is 73.2 Å². The van der Waals surface area contributed by atoms with Gasteiger partial charge in [0.15, 0.2) is 5.78 Å². The first kappa shape index (κ1) is 17.7. The average Bonchev–Trinajstić information content (AvgIpc) is 3.05. The second kappa shape index (κ2) is 8.29. The molecule has 0 aliphatic heterocycles. The second-order valence-corrected chi connectivity index (χ2v) is 5.85. The number of benzene rings is 1. The molecule has 6 nitrogen and oxygen atoms in total. The molecule has 1 heterocycles. The van der Waals surface area contributed by atoms with Crippen molar-refractivity contribution in [3.8, 4) is 5.75 Å². The van der Waals surface area contributed by atoms with E-state index in [9.17, 15) is 9.59 Å². The van der Waals surface area contributed by atoms with Crippen molar-refractivity contribution >= 4 is 11.7 Å². The third kappa shape index (κ3) is 4.94. The van der Waals surface area contributed by atoms with E-state index in [1.807, 2.05) is 30.7 Å². The van der Waals surface area contributed by atoms with E-state index in [4.69, 9.17) is 4.74 Å². The summed E-state index contributed by atoms with van der Waals surface area (Å²) in [5.41, 5.74) is 1.51. The molecule has 0 radical (unpaired) electrons. The highest BCUT2D eigenvalue weighted by Crippen LogP contribution is 2.21. The lowest BCUT2D eigenvalue weighted by Crippen LogP contribution is -2.35. The molecule has 0 fully saturated rings. The van der Waals surface area contributed by atoms with Crippen LogP contribution in [-0.2, 0) is 11.3 Å². The van der Waals surface area contributed by atoms with Crippen LogP contribution in [0.2, 0.25) is 0 Å². The van der Waals surface area contributed by atoms with Gasteiger partial charge in [-0.3, -0.25) is 9.59 Å². The zero-order valence-electron chi connectivity index (χ0n) is 14.3. The maximum atomic E-state index is 12.4.